The van der Waals surface area contributed by atoms with Crippen LogP contribution in [0.1, 0.15) is 18.6 Å². The SMILES string of the molecule is CCOCc1noc(COCCN)n1. The van der Waals surface area contributed by atoms with E-state index in [-0.39, 0.29) is 0 Å². The third-order valence-corrected chi connectivity index (χ3v) is 1.43. The molecule has 14 heavy (non-hydrogen) atoms. The molecule has 1 heterocycles. The molecule has 1 aromatic heterocycles. The minimum absolute atomic E-state index is 0.302. The topological polar surface area (TPSA) is 83.4 Å². The Morgan fingerprint density at radius 2 is 2.21 bits per heavy atom. The Labute approximate surface area is 82.4 Å². The first-order valence-corrected chi connectivity index (χ1v) is 4.53. The van der Waals surface area contributed by atoms with Gasteiger partial charge in [0.05, 0.1) is 6.61 Å². The van der Waals surface area contributed by atoms with Gasteiger partial charge in [-0.2, -0.15) is 4.98 Å². The Morgan fingerprint density at radius 1 is 1.36 bits per heavy atom. The van der Waals surface area contributed by atoms with Gasteiger partial charge < -0.3 is 19.7 Å². The van der Waals surface area contributed by atoms with Crippen LogP contribution in [0, 0.1) is 0 Å². The molecular formula is C8H15N3O3. The molecule has 0 aliphatic carbocycles. The molecule has 0 aliphatic rings. The molecule has 0 atom stereocenters. The monoisotopic (exact) mass is 201 g/mol. The van der Waals surface area contributed by atoms with E-state index in [1.54, 1.807) is 0 Å². The molecule has 0 saturated carbocycles. The van der Waals surface area contributed by atoms with Crippen LogP contribution in [0.15, 0.2) is 4.52 Å². The van der Waals surface area contributed by atoms with E-state index in [4.69, 9.17) is 19.7 Å². The highest BCUT2D eigenvalue weighted by molar-refractivity contribution is 4.82. The van der Waals surface area contributed by atoms with Crippen molar-refractivity contribution in [3.8, 4) is 0 Å². The predicted octanol–water partition coefficient (Wildman–Crippen LogP) is 0.0814. The van der Waals surface area contributed by atoms with Crippen LogP contribution in [0.2, 0.25) is 0 Å². The molecular weight excluding hydrogens is 186 g/mol. The normalized spacial score (nSPS) is 10.7. The minimum Gasteiger partial charge on any atom is -0.374 e. The summed E-state index contributed by atoms with van der Waals surface area (Å²) in [5.74, 6) is 0.992. The fraction of sp³-hybridized carbons (Fsp3) is 0.750. The molecule has 0 fully saturated rings. The van der Waals surface area contributed by atoms with Gasteiger partial charge in [-0.15, -0.1) is 0 Å². The van der Waals surface area contributed by atoms with Crippen molar-refractivity contribution in [3.05, 3.63) is 11.7 Å². The zero-order valence-electron chi connectivity index (χ0n) is 8.23. The summed E-state index contributed by atoms with van der Waals surface area (Å²) in [4.78, 5) is 4.05. The number of hydrogen-bond acceptors (Lipinski definition) is 6. The van der Waals surface area contributed by atoms with E-state index < -0.39 is 0 Å². The van der Waals surface area contributed by atoms with Crippen LogP contribution in [-0.4, -0.2) is 29.9 Å². The van der Waals surface area contributed by atoms with E-state index in [1.165, 1.54) is 0 Å². The Hall–Kier alpha value is -0.980. The molecule has 0 amide bonds. The van der Waals surface area contributed by atoms with E-state index in [0.717, 1.165) is 0 Å². The van der Waals surface area contributed by atoms with Gasteiger partial charge in [0.1, 0.15) is 13.2 Å². The number of rotatable bonds is 7. The van der Waals surface area contributed by atoms with Crippen LogP contribution < -0.4 is 5.73 Å². The van der Waals surface area contributed by atoms with E-state index in [0.29, 0.717) is 44.7 Å². The summed E-state index contributed by atoms with van der Waals surface area (Å²) in [6.07, 6.45) is 0. The zero-order valence-corrected chi connectivity index (χ0v) is 8.23. The first-order chi connectivity index (χ1) is 6.86. The summed E-state index contributed by atoms with van der Waals surface area (Å²) in [5, 5.41) is 3.71. The molecule has 1 rings (SSSR count). The van der Waals surface area contributed by atoms with Gasteiger partial charge in [0.15, 0.2) is 5.82 Å². The third-order valence-electron chi connectivity index (χ3n) is 1.43. The number of ether oxygens (including phenoxy) is 2. The zero-order chi connectivity index (χ0) is 10.2. The lowest BCUT2D eigenvalue weighted by Gasteiger charge is -1.95. The van der Waals surface area contributed by atoms with Crippen LogP contribution in [-0.2, 0) is 22.7 Å². The highest BCUT2D eigenvalue weighted by atomic mass is 16.5. The van der Waals surface area contributed by atoms with Crippen LogP contribution in [0.4, 0.5) is 0 Å². The number of hydrogen-bond donors (Lipinski definition) is 1. The van der Waals surface area contributed by atoms with Gasteiger partial charge in [0, 0.05) is 13.2 Å². The summed E-state index contributed by atoms with van der Waals surface area (Å²) >= 11 is 0. The average Bonchev–Trinajstić information content (AvgIpc) is 2.63. The Bertz CT molecular complexity index is 252. The lowest BCUT2D eigenvalue weighted by molar-refractivity contribution is 0.104. The molecule has 0 unspecified atom stereocenters. The molecule has 0 aromatic carbocycles. The first-order valence-electron chi connectivity index (χ1n) is 4.53. The van der Waals surface area contributed by atoms with E-state index in [2.05, 4.69) is 10.1 Å². The molecule has 0 spiro atoms. The van der Waals surface area contributed by atoms with Gasteiger partial charge >= 0.3 is 0 Å². The van der Waals surface area contributed by atoms with Crippen molar-refractivity contribution in [2.24, 2.45) is 5.73 Å². The quantitative estimate of drug-likeness (QED) is 0.629. The van der Waals surface area contributed by atoms with Crippen molar-refractivity contribution in [2.45, 2.75) is 20.1 Å². The lowest BCUT2D eigenvalue weighted by atomic mass is 10.6. The maximum absolute atomic E-state index is 5.25. The molecule has 1 aromatic rings. The fourth-order valence-electron chi connectivity index (χ4n) is 0.844. The van der Waals surface area contributed by atoms with Crippen molar-refractivity contribution in [3.63, 3.8) is 0 Å². The second-order valence-electron chi connectivity index (χ2n) is 2.58. The van der Waals surface area contributed by atoms with Gasteiger partial charge in [-0.1, -0.05) is 5.16 Å². The van der Waals surface area contributed by atoms with Crippen molar-refractivity contribution in [1.29, 1.82) is 0 Å². The third kappa shape index (κ3) is 3.82. The largest absolute Gasteiger partial charge is 0.374 e. The van der Waals surface area contributed by atoms with Gasteiger partial charge in [-0.3, -0.25) is 0 Å². The number of aromatic nitrogens is 2. The highest BCUT2D eigenvalue weighted by Gasteiger charge is 2.05. The Morgan fingerprint density at radius 3 is 2.93 bits per heavy atom. The molecule has 2 N–H and O–H groups in total. The number of nitrogens with two attached hydrogens (primary N) is 1. The summed E-state index contributed by atoms with van der Waals surface area (Å²) in [6, 6.07) is 0. The van der Waals surface area contributed by atoms with Gasteiger partial charge in [0.25, 0.3) is 5.89 Å². The summed E-state index contributed by atoms with van der Waals surface area (Å²) in [7, 11) is 0. The smallest absolute Gasteiger partial charge is 0.252 e. The summed E-state index contributed by atoms with van der Waals surface area (Å²) < 4.78 is 15.1. The maximum Gasteiger partial charge on any atom is 0.252 e. The van der Waals surface area contributed by atoms with Crippen molar-refractivity contribution >= 4 is 0 Å². The van der Waals surface area contributed by atoms with Crippen molar-refractivity contribution in [1.82, 2.24) is 10.1 Å². The molecule has 80 valence electrons. The van der Waals surface area contributed by atoms with Crippen LogP contribution in [0.5, 0.6) is 0 Å². The average molecular weight is 201 g/mol. The molecule has 6 heteroatoms. The second kappa shape index (κ2) is 6.47. The first kappa shape index (κ1) is 11.1. The van der Waals surface area contributed by atoms with Gasteiger partial charge in [0.2, 0.25) is 0 Å². The fourth-order valence-corrected chi connectivity index (χ4v) is 0.844. The molecule has 0 bridgehead atoms. The summed E-state index contributed by atoms with van der Waals surface area (Å²) in [6.45, 7) is 4.19. The van der Waals surface area contributed by atoms with E-state index in [1.807, 2.05) is 6.92 Å². The maximum atomic E-state index is 5.25. The van der Waals surface area contributed by atoms with Crippen molar-refractivity contribution in [2.75, 3.05) is 19.8 Å². The molecule has 0 saturated heterocycles. The standard InChI is InChI=1S/C8H15N3O3/c1-2-12-5-7-10-8(14-11-7)6-13-4-3-9/h2-6,9H2,1H3. The van der Waals surface area contributed by atoms with Crippen molar-refractivity contribution < 1.29 is 14.0 Å². The minimum atomic E-state index is 0.302. The predicted molar refractivity (Wildman–Crippen MR) is 48.3 cm³/mol. The Kier molecular flexibility index (Phi) is 5.13. The van der Waals surface area contributed by atoms with Gasteiger partial charge in [-0.05, 0) is 6.92 Å². The van der Waals surface area contributed by atoms with Crippen LogP contribution in [0.25, 0.3) is 0 Å². The Balaban J connectivity index is 2.27. The summed E-state index contributed by atoms with van der Waals surface area (Å²) in [5.41, 5.74) is 5.25. The van der Waals surface area contributed by atoms with E-state index in [9.17, 15) is 0 Å². The molecule has 0 radical (unpaired) electrons. The van der Waals surface area contributed by atoms with Crippen LogP contribution >= 0.6 is 0 Å². The molecule has 0 aliphatic heterocycles. The highest BCUT2D eigenvalue weighted by Crippen LogP contribution is 2.00. The molecule has 6 nitrogen and oxygen atoms in total. The van der Waals surface area contributed by atoms with Gasteiger partial charge in [-0.25, -0.2) is 0 Å². The number of nitrogens with zero attached hydrogens (tertiary/aromatic N) is 2. The van der Waals surface area contributed by atoms with Crippen LogP contribution in [0.3, 0.4) is 0 Å². The second-order valence-corrected chi connectivity index (χ2v) is 2.58. The van der Waals surface area contributed by atoms with E-state index >= 15 is 0 Å². The lowest BCUT2D eigenvalue weighted by Crippen LogP contribution is -2.08.